The molecule has 5 nitrogen and oxygen atoms in total. The molecule has 0 aliphatic rings. The molecule has 1 heterocycles. The van der Waals surface area contributed by atoms with Gasteiger partial charge in [-0.05, 0) is 30.7 Å². The van der Waals surface area contributed by atoms with E-state index < -0.39 is 6.10 Å². The van der Waals surface area contributed by atoms with Gasteiger partial charge in [0, 0.05) is 18.0 Å². The lowest BCUT2D eigenvalue weighted by Gasteiger charge is -2.15. The molecule has 1 atom stereocenters. The second-order valence-electron chi connectivity index (χ2n) is 5.42. The standard InChI is InChI=1S/C17H23N2O3/c1-2-3-4-5-10-18-11-15(21)12-6-8-14(20)17-13(12)7-9-16(22)19-17/h6-9,15,18,20-21H,1-5,10-11H2,(H,19,22)/t15-/m1/s1. The second kappa shape index (κ2) is 7.96. The molecule has 1 aromatic carbocycles. The first-order valence-electron chi connectivity index (χ1n) is 7.66. The van der Waals surface area contributed by atoms with E-state index >= 15 is 0 Å². The summed E-state index contributed by atoms with van der Waals surface area (Å²) in [5.74, 6) is 0.00443. The molecule has 0 aliphatic heterocycles. The van der Waals surface area contributed by atoms with Gasteiger partial charge in [0.1, 0.15) is 5.75 Å². The highest BCUT2D eigenvalue weighted by Gasteiger charge is 2.13. The Morgan fingerprint density at radius 1 is 1.18 bits per heavy atom. The molecule has 0 spiro atoms. The van der Waals surface area contributed by atoms with Gasteiger partial charge < -0.3 is 20.5 Å². The third-order valence-electron chi connectivity index (χ3n) is 3.71. The van der Waals surface area contributed by atoms with Crippen molar-refractivity contribution in [3.05, 3.63) is 47.1 Å². The smallest absolute Gasteiger partial charge is 0.248 e. The Labute approximate surface area is 130 Å². The van der Waals surface area contributed by atoms with Crippen molar-refractivity contribution in [3.8, 4) is 5.75 Å². The van der Waals surface area contributed by atoms with Gasteiger partial charge in [-0.3, -0.25) is 4.79 Å². The maximum atomic E-state index is 11.4. The summed E-state index contributed by atoms with van der Waals surface area (Å²) in [7, 11) is 0. The van der Waals surface area contributed by atoms with E-state index in [1.807, 2.05) is 0 Å². The predicted molar refractivity (Wildman–Crippen MR) is 87.9 cm³/mol. The normalized spacial score (nSPS) is 12.6. The van der Waals surface area contributed by atoms with Crippen LogP contribution in [0, 0.1) is 6.92 Å². The number of benzene rings is 1. The molecule has 1 radical (unpaired) electrons. The number of aromatic nitrogens is 1. The Bertz CT molecular complexity index is 666. The largest absolute Gasteiger partial charge is 0.506 e. The molecule has 0 amide bonds. The molecule has 0 saturated heterocycles. The number of aliphatic hydroxyl groups excluding tert-OH is 1. The van der Waals surface area contributed by atoms with Crippen molar-refractivity contribution in [1.82, 2.24) is 10.3 Å². The zero-order chi connectivity index (χ0) is 15.9. The van der Waals surface area contributed by atoms with Gasteiger partial charge in [0.15, 0.2) is 0 Å². The molecule has 0 fully saturated rings. The van der Waals surface area contributed by atoms with Gasteiger partial charge in [-0.2, -0.15) is 0 Å². The molecule has 2 rings (SSSR count). The number of hydrogen-bond donors (Lipinski definition) is 4. The van der Waals surface area contributed by atoms with Crippen molar-refractivity contribution in [2.24, 2.45) is 0 Å². The first-order chi connectivity index (χ1) is 10.6. The second-order valence-corrected chi connectivity index (χ2v) is 5.42. The van der Waals surface area contributed by atoms with E-state index in [4.69, 9.17) is 0 Å². The summed E-state index contributed by atoms with van der Waals surface area (Å²) in [6.45, 7) is 5.09. The number of phenols is 1. The van der Waals surface area contributed by atoms with Crippen molar-refractivity contribution < 1.29 is 10.2 Å². The zero-order valence-electron chi connectivity index (χ0n) is 12.6. The predicted octanol–water partition coefficient (Wildman–Crippen LogP) is 2.25. The summed E-state index contributed by atoms with van der Waals surface area (Å²) in [6, 6.07) is 6.20. The molecular weight excluding hydrogens is 280 g/mol. The summed E-state index contributed by atoms with van der Waals surface area (Å²) >= 11 is 0. The molecule has 0 unspecified atom stereocenters. The Hall–Kier alpha value is -1.85. The molecule has 5 heteroatoms. The van der Waals surface area contributed by atoms with E-state index in [0.29, 0.717) is 23.0 Å². The fourth-order valence-corrected chi connectivity index (χ4v) is 2.50. The molecule has 0 aliphatic carbocycles. The summed E-state index contributed by atoms with van der Waals surface area (Å²) < 4.78 is 0. The van der Waals surface area contributed by atoms with E-state index in [2.05, 4.69) is 17.2 Å². The summed E-state index contributed by atoms with van der Waals surface area (Å²) in [6.07, 6.45) is 3.59. The lowest BCUT2D eigenvalue weighted by atomic mass is 10.0. The number of nitrogens with one attached hydrogen (secondary N) is 2. The minimum Gasteiger partial charge on any atom is -0.506 e. The first kappa shape index (κ1) is 16.5. The molecule has 0 bridgehead atoms. The zero-order valence-corrected chi connectivity index (χ0v) is 12.6. The van der Waals surface area contributed by atoms with Gasteiger partial charge in [0.2, 0.25) is 5.56 Å². The lowest BCUT2D eigenvalue weighted by molar-refractivity contribution is 0.176. The van der Waals surface area contributed by atoms with Crippen molar-refractivity contribution in [3.63, 3.8) is 0 Å². The third-order valence-corrected chi connectivity index (χ3v) is 3.71. The van der Waals surface area contributed by atoms with E-state index in [0.717, 1.165) is 32.2 Å². The number of phenolic OH excluding ortho intramolecular Hbond substituents is 1. The average molecular weight is 303 g/mol. The Morgan fingerprint density at radius 3 is 2.77 bits per heavy atom. The van der Waals surface area contributed by atoms with Crippen LogP contribution >= 0.6 is 0 Å². The van der Waals surface area contributed by atoms with Crippen LogP contribution in [-0.2, 0) is 0 Å². The van der Waals surface area contributed by atoms with Gasteiger partial charge in [0.05, 0.1) is 11.6 Å². The van der Waals surface area contributed by atoms with Gasteiger partial charge in [-0.15, -0.1) is 0 Å². The summed E-state index contributed by atoms with van der Waals surface area (Å²) in [5, 5.41) is 24.0. The Morgan fingerprint density at radius 2 is 2.00 bits per heavy atom. The molecular formula is C17H23N2O3. The van der Waals surface area contributed by atoms with E-state index in [-0.39, 0.29) is 11.3 Å². The lowest BCUT2D eigenvalue weighted by Crippen LogP contribution is -2.22. The van der Waals surface area contributed by atoms with Crippen LogP contribution in [0.2, 0.25) is 0 Å². The van der Waals surface area contributed by atoms with Crippen LogP contribution in [0.1, 0.15) is 37.4 Å². The molecule has 4 N–H and O–H groups in total. The highest BCUT2D eigenvalue weighted by molar-refractivity contribution is 5.87. The fourth-order valence-electron chi connectivity index (χ4n) is 2.50. The molecule has 119 valence electrons. The number of H-pyrrole nitrogens is 1. The Balaban J connectivity index is 2.04. The van der Waals surface area contributed by atoms with Gasteiger partial charge >= 0.3 is 0 Å². The number of aliphatic hydroxyl groups is 1. The molecule has 0 saturated carbocycles. The van der Waals surface area contributed by atoms with Gasteiger partial charge in [-0.1, -0.05) is 32.3 Å². The van der Waals surface area contributed by atoms with Crippen LogP contribution in [0.25, 0.3) is 10.9 Å². The average Bonchev–Trinajstić information content (AvgIpc) is 2.51. The number of fused-ring (bicyclic) bond motifs is 1. The van der Waals surface area contributed by atoms with Crippen molar-refractivity contribution in [1.29, 1.82) is 0 Å². The molecule has 2 aromatic rings. The maximum Gasteiger partial charge on any atom is 0.248 e. The number of rotatable bonds is 8. The summed E-state index contributed by atoms with van der Waals surface area (Å²) in [4.78, 5) is 14.0. The number of pyridine rings is 1. The van der Waals surface area contributed by atoms with Gasteiger partial charge in [-0.25, -0.2) is 0 Å². The van der Waals surface area contributed by atoms with Crippen molar-refractivity contribution in [2.75, 3.05) is 13.1 Å². The third kappa shape index (κ3) is 4.08. The van der Waals surface area contributed by atoms with Crippen LogP contribution < -0.4 is 10.9 Å². The first-order valence-corrected chi connectivity index (χ1v) is 7.66. The summed E-state index contributed by atoms with van der Waals surface area (Å²) in [5.41, 5.74) is 0.770. The highest BCUT2D eigenvalue weighted by atomic mass is 16.3. The number of aromatic amines is 1. The van der Waals surface area contributed by atoms with E-state index in [1.165, 1.54) is 12.1 Å². The topological polar surface area (TPSA) is 85.3 Å². The maximum absolute atomic E-state index is 11.4. The van der Waals surface area contributed by atoms with E-state index in [9.17, 15) is 15.0 Å². The fraction of sp³-hybridized carbons (Fsp3) is 0.412. The number of aromatic hydroxyl groups is 1. The number of hydrogen-bond acceptors (Lipinski definition) is 4. The number of unbranched alkanes of at least 4 members (excludes halogenated alkanes) is 3. The molecule has 22 heavy (non-hydrogen) atoms. The van der Waals surface area contributed by atoms with Crippen LogP contribution in [0.5, 0.6) is 5.75 Å². The quantitative estimate of drug-likeness (QED) is 0.564. The monoisotopic (exact) mass is 303 g/mol. The van der Waals surface area contributed by atoms with E-state index in [1.54, 1.807) is 12.1 Å². The van der Waals surface area contributed by atoms with Crippen molar-refractivity contribution >= 4 is 10.9 Å². The van der Waals surface area contributed by atoms with Crippen LogP contribution in [0.4, 0.5) is 0 Å². The van der Waals surface area contributed by atoms with Crippen LogP contribution in [0.3, 0.4) is 0 Å². The minimum absolute atomic E-state index is 0.00443. The Kier molecular flexibility index (Phi) is 5.98. The SMILES string of the molecule is [CH2]CCCCCNC[C@@H](O)c1ccc(O)c2[nH]c(=O)ccc12. The van der Waals surface area contributed by atoms with Crippen LogP contribution in [0.15, 0.2) is 29.1 Å². The minimum atomic E-state index is -0.693. The molecule has 1 aromatic heterocycles. The van der Waals surface area contributed by atoms with Crippen molar-refractivity contribution in [2.45, 2.75) is 31.8 Å². The van der Waals surface area contributed by atoms with Crippen LogP contribution in [-0.4, -0.2) is 28.3 Å². The highest BCUT2D eigenvalue weighted by Crippen LogP contribution is 2.28. The van der Waals surface area contributed by atoms with Gasteiger partial charge in [0.25, 0.3) is 0 Å².